The fourth-order valence-electron chi connectivity index (χ4n) is 3.63. The predicted molar refractivity (Wildman–Crippen MR) is 130 cm³/mol. The molecular weight excluding hydrogens is 446 g/mol. The molecule has 0 saturated carbocycles. The second kappa shape index (κ2) is 10.5. The van der Waals surface area contributed by atoms with Crippen LogP contribution in [0.2, 0.25) is 0 Å². The zero-order valence-electron chi connectivity index (χ0n) is 18.5. The van der Waals surface area contributed by atoms with E-state index < -0.39 is 0 Å². The van der Waals surface area contributed by atoms with Crippen LogP contribution >= 0.6 is 23.1 Å². The number of anilines is 1. The Labute approximate surface area is 196 Å². The molecule has 0 spiro atoms. The van der Waals surface area contributed by atoms with Gasteiger partial charge in [-0.15, -0.1) is 11.8 Å². The SMILES string of the molecule is COc1ccc(OC)c2sc(N(CCN3CCOCC3)C(=O)c3ccc(SC)cc3)nc12. The van der Waals surface area contributed by atoms with Crippen LogP contribution in [0.1, 0.15) is 10.4 Å². The number of fused-ring (bicyclic) bond motifs is 1. The van der Waals surface area contributed by atoms with Crippen molar-refractivity contribution >= 4 is 44.4 Å². The molecule has 4 rings (SSSR count). The van der Waals surface area contributed by atoms with Crippen molar-refractivity contribution in [2.75, 3.05) is 64.8 Å². The van der Waals surface area contributed by atoms with Crippen LogP contribution in [0, 0.1) is 0 Å². The number of methoxy groups -OCH3 is 2. The molecule has 1 amide bonds. The summed E-state index contributed by atoms with van der Waals surface area (Å²) in [4.78, 5) is 23.6. The number of rotatable bonds is 8. The number of ether oxygens (including phenoxy) is 3. The molecule has 0 bridgehead atoms. The lowest BCUT2D eigenvalue weighted by Crippen LogP contribution is -2.43. The predicted octanol–water partition coefficient (Wildman–Crippen LogP) is 4.01. The number of thiazole rings is 1. The highest BCUT2D eigenvalue weighted by Crippen LogP contribution is 2.40. The fourth-order valence-corrected chi connectivity index (χ4v) is 5.14. The van der Waals surface area contributed by atoms with Gasteiger partial charge in [-0.1, -0.05) is 11.3 Å². The van der Waals surface area contributed by atoms with E-state index in [9.17, 15) is 4.79 Å². The summed E-state index contributed by atoms with van der Waals surface area (Å²) < 4.78 is 17.4. The van der Waals surface area contributed by atoms with Gasteiger partial charge >= 0.3 is 0 Å². The van der Waals surface area contributed by atoms with Crippen molar-refractivity contribution in [1.82, 2.24) is 9.88 Å². The summed E-state index contributed by atoms with van der Waals surface area (Å²) in [5.74, 6) is 1.31. The lowest BCUT2D eigenvalue weighted by atomic mass is 10.2. The van der Waals surface area contributed by atoms with Crippen molar-refractivity contribution in [3.63, 3.8) is 0 Å². The summed E-state index contributed by atoms with van der Waals surface area (Å²) in [7, 11) is 3.25. The molecular formula is C23H27N3O4S2. The van der Waals surface area contributed by atoms with Crippen LogP contribution in [0.15, 0.2) is 41.3 Å². The molecule has 2 aromatic carbocycles. The van der Waals surface area contributed by atoms with Crippen LogP contribution in [0.5, 0.6) is 11.5 Å². The number of carbonyl (C=O) groups excluding carboxylic acids is 1. The molecule has 170 valence electrons. The highest BCUT2D eigenvalue weighted by molar-refractivity contribution is 7.98. The summed E-state index contributed by atoms with van der Waals surface area (Å²) in [5.41, 5.74) is 1.34. The number of nitrogens with zero attached hydrogens (tertiary/aromatic N) is 3. The average molecular weight is 474 g/mol. The number of aromatic nitrogens is 1. The number of hydrogen-bond donors (Lipinski definition) is 0. The van der Waals surface area contributed by atoms with E-state index >= 15 is 0 Å². The monoisotopic (exact) mass is 473 g/mol. The van der Waals surface area contributed by atoms with Gasteiger partial charge in [0, 0.05) is 36.6 Å². The highest BCUT2D eigenvalue weighted by atomic mass is 32.2. The Morgan fingerprint density at radius 3 is 2.47 bits per heavy atom. The first-order valence-corrected chi connectivity index (χ1v) is 12.5. The zero-order valence-corrected chi connectivity index (χ0v) is 20.1. The van der Waals surface area contributed by atoms with Crippen molar-refractivity contribution < 1.29 is 19.0 Å². The first kappa shape index (κ1) is 22.8. The minimum absolute atomic E-state index is 0.0668. The van der Waals surface area contributed by atoms with Gasteiger partial charge < -0.3 is 14.2 Å². The minimum atomic E-state index is -0.0668. The normalized spacial score (nSPS) is 14.5. The van der Waals surface area contributed by atoms with Crippen molar-refractivity contribution in [3.8, 4) is 11.5 Å². The van der Waals surface area contributed by atoms with Gasteiger partial charge in [0.05, 0.1) is 27.4 Å². The van der Waals surface area contributed by atoms with Crippen molar-refractivity contribution in [1.29, 1.82) is 0 Å². The first-order valence-electron chi connectivity index (χ1n) is 10.4. The molecule has 7 nitrogen and oxygen atoms in total. The van der Waals surface area contributed by atoms with E-state index in [0.717, 1.165) is 48.2 Å². The Kier molecular flexibility index (Phi) is 7.51. The summed E-state index contributed by atoms with van der Waals surface area (Å²) >= 11 is 3.10. The van der Waals surface area contributed by atoms with E-state index in [2.05, 4.69) is 4.90 Å². The zero-order chi connectivity index (χ0) is 22.5. The Balaban J connectivity index is 1.69. The lowest BCUT2D eigenvalue weighted by Gasteiger charge is -2.29. The molecule has 1 fully saturated rings. The molecule has 0 aliphatic carbocycles. The quantitative estimate of drug-likeness (QED) is 0.458. The van der Waals surface area contributed by atoms with Crippen LogP contribution < -0.4 is 14.4 Å². The smallest absolute Gasteiger partial charge is 0.260 e. The molecule has 9 heteroatoms. The molecule has 3 aromatic rings. The van der Waals surface area contributed by atoms with Crippen LogP contribution in [-0.2, 0) is 4.74 Å². The van der Waals surface area contributed by atoms with E-state index in [-0.39, 0.29) is 5.91 Å². The Morgan fingerprint density at radius 2 is 1.81 bits per heavy atom. The van der Waals surface area contributed by atoms with Crippen LogP contribution in [0.25, 0.3) is 10.2 Å². The third kappa shape index (κ3) is 4.85. The number of morpholine rings is 1. The van der Waals surface area contributed by atoms with E-state index in [1.165, 1.54) is 11.3 Å². The third-order valence-corrected chi connectivity index (χ3v) is 7.29. The maximum Gasteiger partial charge on any atom is 0.260 e. The first-order chi connectivity index (χ1) is 15.6. The van der Waals surface area contributed by atoms with Gasteiger partial charge in [0.1, 0.15) is 21.7 Å². The minimum Gasteiger partial charge on any atom is -0.495 e. The molecule has 0 radical (unpaired) electrons. The van der Waals surface area contributed by atoms with Gasteiger partial charge in [-0.3, -0.25) is 14.6 Å². The summed E-state index contributed by atoms with van der Waals surface area (Å²) in [6, 6.07) is 11.4. The topological polar surface area (TPSA) is 64.1 Å². The Hall–Kier alpha value is -2.33. The second-order valence-corrected chi connectivity index (χ2v) is 9.14. The van der Waals surface area contributed by atoms with E-state index in [4.69, 9.17) is 19.2 Å². The maximum absolute atomic E-state index is 13.6. The van der Waals surface area contributed by atoms with Gasteiger partial charge in [0.2, 0.25) is 0 Å². The summed E-state index contributed by atoms with van der Waals surface area (Å²) in [6.07, 6.45) is 2.02. The summed E-state index contributed by atoms with van der Waals surface area (Å²) in [5, 5.41) is 0.634. The molecule has 1 aliphatic heterocycles. The molecule has 0 unspecified atom stereocenters. The van der Waals surface area contributed by atoms with Gasteiger partial charge in [0.25, 0.3) is 5.91 Å². The van der Waals surface area contributed by atoms with Gasteiger partial charge in [-0.25, -0.2) is 4.98 Å². The van der Waals surface area contributed by atoms with Crippen LogP contribution in [0.3, 0.4) is 0 Å². The molecule has 32 heavy (non-hydrogen) atoms. The standard InChI is InChI=1S/C23H27N3O4S2/c1-28-18-8-9-19(29-2)21-20(18)24-23(32-21)26(11-10-25-12-14-30-15-13-25)22(27)16-4-6-17(31-3)7-5-16/h4-9H,10-15H2,1-3H3. The number of amides is 1. The number of hydrogen-bond acceptors (Lipinski definition) is 8. The summed E-state index contributed by atoms with van der Waals surface area (Å²) in [6.45, 7) is 4.47. The van der Waals surface area contributed by atoms with Crippen molar-refractivity contribution in [2.45, 2.75) is 4.90 Å². The van der Waals surface area contributed by atoms with Crippen LogP contribution in [0.4, 0.5) is 5.13 Å². The van der Waals surface area contributed by atoms with Crippen LogP contribution in [-0.4, -0.2) is 75.7 Å². The molecule has 2 heterocycles. The van der Waals surface area contributed by atoms with Gasteiger partial charge in [-0.05, 0) is 42.7 Å². The van der Waals surface area contributed by atoms with Crippen molar-refractivity contribution in [3.05, 3.63) is 42.0 Å². The largest absolute Gasteiger partial charge is 0.495 e. The Bertz CT molecular complexity index is 1020. The number of carbonyl (C=O) groups is 1. The average Bonchev–Trinajstić information content (AvgIpc) is 3.29. The van der Waals surface area contributed by atoms with E-state index in [1.807, 2.05) is 42.7 Å². The maximum atomic E-state index is 13.6. The fraction of sp³-hybridized carbons (Fsp3) is 0.391. The van der Waals surface area contributed by atoms with E-state index in [0.29, 0.717) is 28.5 Å². The molecule has 1 saturated heterocycles. The number of thioether (sulfide) groups is 1. The lowest BCUT2D eigenvalue weighted by molar-refractivity contribution is 0.0391. The molecule has 1 aromatic heterocycles. The highest BCUT2D eigenvalue weighted by Gasteiger charge is 2.24. The molecule has 0 atom stereocenters. The van der Waals surface area contributed by atoms with Crippen molar-refractivity contribution in [2.24, 2.45) is 0 Å². The Morgan fingerprint density at radius 1 is 1.12 bits per heavy atom. The third-order valence-electron chi connectivity index (χ3n) is 5.46. The van der Waals surface area contributed by atoms with E-state index in [1.54, 1.807) is 30.9 Å². The number of benzene rings is 2. The molecule has 1 aliphatic rings. The van der Waals surface area contributed by atoms with Gasteiger partial charge in [-0.2, -0.15) is 0 Å². The second-order valence-electron chi connectivity index (χ2n) is 7.28. The molecule has 0 N–H and O–H groups in total. The van der Waals surface area contributed by atoms with Gasteiger partial charge in [0.15, 0.2) is 5.13 Å².